The zero-order valence-corrected chi connectivity index (χ0v) is 5.41. The van der Waals surface area contributed by atoms with Gasteiger partial charge in [-0.15, -0.1) is 0 Å². The highest BCUT2D eigenvalue weighted by atomic mass is 16.3. The van der Waals surface area contributed by atoms with Crippen molar-refractivity contribution in [1.82, 2.24) is 5.32 Å². The lowest BCUT2D eigenvalue weighted by molar-refractivity contribution is 0.267. The highest BCUT2D eigenvalue weighted by Gasteiger charge is 2.17. The van der Waals surface area contributed by atoms with E-state index in [2.05, 4.69) is 10.3 Å². The van der Waals surface area contributed by atoms with Gasteiger partial charge in [-0.25, -0.2) is 0 Å². The van der Waals surface area contributed by atoms with Crippen molar-refractivity contribution in [1.29, 1.82) is 0 Å². The Morgan fingerprint density at radius 2 is 2.60 bits per heavy atom. The molecule has 1 heterocycles. The molecule has 1 aliphatic heterocycles. The second kappa shape index (κ2) is 1.95. The molecule has 0 spiro atoms. The molecular formula is C7H8N2O. The van der Waals surface area contributed by atoms with Crippen molar-refractivity contribution in [2.45, 2.75) is 6.10 Å². The van der Waals surface area contributed by atoms with Crippen molar-refractivity contribution in [3.05, 3.63) is 23.4 Å². The average Bonchev–Trinajstić information content (AvgIpc) is 2.34. The van der Waals surface area contributed by atoms with Crippen LogP contribution in [-0.4, -0.2) is 24.1 Å². The number of hydrogen-bond acceptors (Lipinski definition) is 3. The Kier molecular flexibility index (Phi) is 1.11. The number of nitrogens with zero attached hydrogens (tertiary/aromatic N) is 1. The van der Waals surface area contributed by atoms with Crippen LogP contribution in [0.15, 0.2) is 28.4 Å². The maximum Gasteiger partial charge on any atom is 0.107 e. The Balaban J connectivity index is 2.36. The topological polar surface area (TPSA) is 44.6 Å². The van der Waals surface area contributed by atoms with Gasteiger partial charge in [0.05, 0.1) is 0 Å². The Hall–Kier alpha value is -1.09. The molecule has 10 heavy (non-hydrogen) atoms. The molecule has 2 N–H and O–H groups in total. The number of aliphatic hydroxyl groups excluding tert-OH is 1. The fourth-order valence-electron chi connectivity index (χ4n) is 1.13. The maximum atomic E-state index is 9.25. The molecule has 0 saturated heterocycles. The zero-order valence-electron chi connectivity index (χ0n) is 5.41. The van der Waals surface area contributed by atoms with Gasteiger partial charge >= 0.3 is 0 Å². The molecule has 0 aromatic rings. The SMILES string of the molecule is OC1C=CC2=C1C=NCN2. The number of aliphatic hydroxyl groups is 1. The van der Waals surface area contributed by atoms with Crippen LogP contribution < -0.4 is 5.32 Å². The van der Waals surface area contributed by atoms with Gasteiger partial charge in [0.25, 0.3) is 0 Å². The highest BCUT2D eigenvalue weighted by molar-refractivity contribution is 5.84. The van der Waals surface area contributed by atoms with Crippen LogP contribution >= 0.6 is 0 Å². The minimum Gasteiger partial charge on any atom is -0.384 e. The van der Waals surface area contributed by atoms with Crippen molar-refractivity contribution in [3.63, 3.8) is 0 Å². The Labute approximate surface area is 58.8 Å². The van der Waals surface area contributed by atoms with Gasteiger partial charge in [-0.05, 0) is 12.2 Å². The van der Waals surface area contributed by atoms with Crippen LogP contribution in [0.25, 0.3) is 0 Å². The van der Waals surface area contributed by atoms with Crippen LogP contribution in [0, 0.1) is 0 Å². The molecule has 2 rings (SSSR count). The third-order valence-electron chi connectivity index (χ3n) is 1.67. The maximum absolute atomic E-state index is 9.25. The minimum atomic E-state index is -0.452. The zero-order chi connectivity index (χ0) is 6.97. The first-order chi connectivity index (χ1) is 4.88. The van der Waals surface area contributed by atoms with E-state index in [4.69, 9.17) is 0 Å². The lowest BCUT2D eigenvalue weighted by Crippen LogP contribution is -2.20. The van der Waals surface area contributed by atoms with Crippen molar-refractivity contribution >= 4 is 6.21 Å². The standard InChI is InChI=1S/C7H8N2O/c10-7-2-1-6-5(7)3-8-4-9-6/h1-3,7,9-10H,4H2. The predicted octanol–water partition coefficient (Wildman–Crippen LogP) is -0.197. The first-order valence-corrected chi connectivity index (χ1v) is 3.22. The van der Waals surface area contributed by atoms with E-state index in [-0.39, 0.29) is 0 Å². The summed E-state index contributed by atoms with van der Waals surface area (Å²) in [7, 11) is 0. The summed E-state index contributed by atoms with van der Waals surface area (Å²) >= 11 is 0. The van der Waals surface area contributed by atoms with E-state index >= 15 is 0 Å². The largest absolute Gasteiger partial charge is 0.384 e. The molecule has 0 fully saturated rings. The molecule has 2 aliphatic rings. The molecule has 0 aromatic heterocycles. The van der Waals surface area contributed by atoms with Crippen LogP contribution in [0.4, 0.5) is 0 Å². The molecule has 1 atom stereocenters. The second-order valence-electron chi connectivity index (χ2n) is 2.32. The van der Waals surface area contributed by atoms with Crippen LogP contribution in [0.5, 0.6) is 0 Å². The molecule has 0 saturated carbocycles. The summed E-state index contributed by atoms with van der Waals surface area (Å²) in [4.78, 5) is 3.98. The summed E-state index contributed by atoms with van der Waals surface area (Å²) in [6.07, 6.45) is 4.89. The van der Waals surface area contributed by atoms with Gasteiger partial charge in [0.1, 0.15) is 12.8 Å². The first-order valence-electron chi connectivity index (χ1n) is 3.22. The molecule has 3 heteroatoms. The van der Waals surface area contributed by atoms with E-state index in [1.165, 1.54) is 0 Å². The summed E-state index contributed by atoms with van der Waals surface area (Å²) in [6, 6.07) is 0. The quantitative estimate of drug-likeness (QED) is 0.484. The van der Waals surface area contributed by atoms with Crippen molar-refractivity contribution in [2.75, 3.05) is 6.67 Å². The summed E-state index contributed by atoms with van der Waals surface area (Å²) in [5.74, 6) is 0. The number of aliphatic imine (C=N–C) groups is 1. The molecular weight excluding hydrogens is 128 g/mol. The monoisotopic (exact) mass is 136 g/mol. The number of allylic oxidation sites excluding steroid dienone is 1. The molecule has 1 unspecified atom stereocenters. The van der Waals surface area contributed by atoms with Gasteiger partial charge < -0.3 is 10.4 Å². The first kappa shape index (κ1) is 5.68. The van der Waals surface area contributed by atoms with E-state index in [0.717, 1.165) is 11.3 Å². The van der Waals surface area contributed by atoms with E-state index in [0.29, 0.717) is 6.67 Å². The number of rotatable bonds is 0. The molecule has 0 bridgehead atoms. The fraction of sp³-hybridized carbons (Fsp3) is 0.286. The normalized spacial score (nSPS) is 28.7. The van der Waals surface area contributed by atoms with Crippen molar-refractivity contribution < 1.29 is 5.11 Å². The second-order valence-corrected chi connectivity index (χ2v) is 2.32. The molecule has 3 nitrogen and oxygen atoms in total. The minimum absolute atomic E-state index is 0.452. The Bertz CT molecular complexity index is 230. The van der Waals surface area contributed by atoms with Crippen LogP contribution in [-0.2, 0) is 0 Å². The number of nitrogens with one attached hydrogen (secondary N) is 1. The third kappa shape index (κ3) is 0.675. The smallest absolute Gasteiger partial charge is 0.107 e. The molecule has 0 amide bonds. The van der Waals surface area contributed by atoms with E-state index in [9.17, 15) is 5.11 Å². The fourth-order valence-corrected chi connectivity index (χ4v) is 1.13. The van der Waals surface area contributed by atoms with Gasteiger partial charge in [-0.1, -0.05) is 0 Å². The lowest BCUT2D eigenvalue weighted by Gasteiger charge is -2.11. The predicted molar refractivity (Wildman–Crippen MR) is 38.7 cm³/mol. The average molecular weight is 136 g/mol. The van der Waals surface area contributed by atoms with Gasteiger partial charge in [0, 0.05) is 17.5 Å². The van der Waals surface area contributed by atoms with Gasteiger partial charge in [0.2, 0.25) is 0 Å². The summed E-state index contributed by atoms with van der Waals surface area (Å²) in [5, 5.41) is 12.3. The summed E-state index contributed by atoms with van der Waals surface area (Å²) < 4.78 is 0. The molecule has 52 valence electrons. The van der Waals surface area contributed by atoms with E-state index in [1.807, 2.05) is 6.08 Å². The van der Waals surface area contributed by atoms with Crippen LogP contribution in [0.1, 0.15) is 0 Å². The lowest BCUT2D eigenvalue weighted by atomic mass is 10.2. The van der Waals surface area contributed by atoms with E-state index < -0.39 is 6.10 Å². The molecule has 1 aliphatic carbocycles. The third-order valence-corrected chi connectivity index (χ3v) is 1.67. The van der Waals surface area contributed by atoms with E-state index in [1.54, 1.807) is 12.3 Å². The van der Waals surface area contributed by atoms with Crippen molar-refractivity contribution in [3.8, 4) is 0 Å². The number of hydrogen-bond donors (Lipinski definition) is 2. The van der Waals surface area contributed by atoms with Gasteiger partial charge in [-0.3, -0.25) is 4.99 Å². The van der Waals surface area contributed by atoms with Crippen LogP contribution in [0.2, 0.25) is 0 Å². The Morgan fingerprint density at radius 3 is 3.40 bits per heavy atom. The van der Waals surface area contributed by atoms with Crippen molar-refractivity contribution in [2.24, 2.45) is 4.99 Å². The Morgan fingerprint density at radius 1 is 1.70 bits per heavy atom. The summed E-state index contributed by atoms with van der Waals surface area (Å²) in [6.45, 7) is 0.621. The summed E-state index contributed by atoms with van der Waals surface area (Å²) in [5.41, 5.74) is 1.88. The molecule has 0 aromatic carbocycles. The van der Waals surface area contributed by atoms with Crippen LogP contribution in [0.3, 0.4) is 0 Å². The van der Waals surface area contributed by atoms with Gasteiger partial charge in [0.15, 0.2) is 0 Å². The molecule has 0 radical (unpaired) electrons. The van der Waals surface area contributed by atoms with Gasteiger partial charge in [-0.2, -0.15) is 0 Å². The highest BCUT2D eigenvalue weighted by Crippen LogP contribution is 2.17.